The Morgan fingerprint density at radius 2 is 1.95 bits per heavy atom. The summed E-state index contributed by atoms with van der Waals surface area (Å²) in [6.45, 7) is 2.80. The highest BCUT2D eigenvalue weighted by Gasteiger charge is 2.07. The Labute approximate surface area is 118 Å². The summed E-state index contributed by atoms with van der Waals surface area (Å²) < 4.78 is 0. The van der Waals surface area contributed by atoms with Crippen molar-refractivity contribution in [3.05, 3.63) is 35.9 Å². The molecule has 1 aromatic carbocycles. The largest absolute Gasteiger partial charge is 0.478 e. The van der Waals surface area contributed by atoms with Crippen LogP contribution in [-0.2, 0) is 4.79 Å². The number of carboxylic acid groups (broad SMARTS) is 1. The van der Waals surface area contributed by atoms with Crippen LogP contribution in [0.2, 0.25) is 0 Å². The van der Waals surface area contributed by atoms with Gasteiger partial charge in [-0.25, -0.2) is 9.59 Å². The van der Waals surface area contributed by atoms with Gasteiger partial charge in [-0.05, 0) is 30.2 Å². The predicted molar refractivity (Wildman–Crippen MR) is 79.7 cm³/mol. The second kappa shape index (κ2) is 7.99. The van der Waals surface area contributed by atoms with Crippen molar-refractivity contribution in [3.63, 3.8) is 0 Å². The van der Waals surface area contributed by atoms with Crippen LogP contribution in [0.15, 0.2) is 30.3 Å². The number of nitrogens with zero attached hydrogens (tertiary/aromatic N) is 1. The zero-order chi connectivity index (χ0) is 15.0. The molecule has 0 atom stereocenters. The highest BCUT2D eigenvalue weighted by Crippen LogP contribution is 2.11. The van der Waals surface area contributed by atoms with Crippen LogP contribution in [0.25, 0.3) is 6.08 Å². The van der Waals surface area contributed by atoms with E-state index in [1.807, 2.05) is 0 Å². The number of nitrogens with one attached hydrogen (secondary N) is 1. The molecule has 0 unspecified atom stereocenters. The van der Waals surface area contributed by atoms with Crippen molar-refractivity contribution in [1.29, 1.82) is 0 Å². The number of rotatable bonds is 6. The standard InChI is InChI=1S/C15H20N2O3/c1-3-4-11-17(2)15(20)16-13-8-5-12(6-9-13)7-10-14(18)19/h5-10H,3-4,11H2,1-2H3,(H,16,20)(H,18,19)/b10-7+. The van der Waals surface area contributed by atoms with Crippen LogP contribution in [0.1, 0.15) is 25.3 Å². The Kier molecular flexibility index (Phi) is 6.29. The third kappa shape index (κ3) is 5.56. The molecule has 2 amide bonds. The number of aliphatic carboxylic acids is 1. The minimum absolute atomic E-state index is 0.146. The Morgan fingerprint density at radius 3 is 2.50 bits per heavy atom. The number of amides is 2. The van der Waals surface area contributed by atoms with Gasteiger partial charge in [0.25, 0.3) is 0 Å². The second-order valence-corrected chi connectivity index (χ2v) is 4.50. The maximum atomic E-state index is 11.8. The van der Waals surface area contributed by atoms with Gasteiger partial charge in [0.15, 0.2) is 0 Å². The molecule has 0 heterocycles. The third-order valence-corrected chi connectivity index (χ3v) is 2.77. The van der Waals surface area contributed by atoms with E-state index in [9.17, 15) is 9.59 Å². The fourth-order valence-electron chi connectivity index (χ4n) is 1.56. The minimum atomic E-state index is -0.986. The van der Waals surface area contributed by atoms with E-state index >= 15 is 0 Å². The van der Waals surface area contributed by atoms with Gasteiger partial charge in [0.2, 0.25) is 0 Å². The Hall–Kier alpha value is -2.30. The molecule has 0 aliphatic rings. The zero-order valence-corrected chi connectivity index (χ0v) is 11.8. The third-order valence-electron chi connectivity index (χ3n) is 2.77. The molecule has 0 aliphatic carbocycles. The number of carbonyl (C=O) groups excluding carboxylic acids is 1. The monoisotopic (exact) mass is 276 g/mol. The van der Waals surface area contributed by atoms with E-state index in [2.05, 4.69) is 12.2 Å². The van der Waals surface area contributed by atoms with Crippen LogP contribution in [0.5, 0.6) is 0 Å². The van der Waals surface area contributed by atoms with Gasteiger partial charge >= 0.3 is 12.0 Å². The van der Waals surface area contributed by atoms with Gasteiger partial charge in [-0.3, -0.25) is 0 Å². The lowest BCUT2D eigenvalue weighted by atomic mass is 10.2. The highest BCUT2D eigenvalue weighted by molar-refractivity contribution is 5.89. The molecule has 0 aliphatic heterocycles. The molecule has 0 bridgehead atoms. The SMILES string of the molecule is CCCCN(C)C(=O)Nc1ccc(/C=C/C(=O)O)cc1. The first-order valence-electron chi connectivity index (χ1n) is 6.56. The van der Waals surface area contributed by atoms with Gasteiger partial charge in [-0.15, -0.1) is 0 Å². The van der Waals surface area contributed by atoms with Crippen LogP contribution in [-0.4, -0.2) is 35.6 Å². The van der Waals surface area contributed by atoms with Gasteiger partial charge in [0.05, 0.1) is 0 Å². The van der Waals surface area contributed by atoms with Gasteiger partial charge in [0, 0.05) is 25.4 Å². The van der Waals surface area contributed by atoms with E-state index in [4.69, 9.17) is 5.11 Å². The summed E-state index contributed by atoms with van der Waals surface area (Å²) >= 11 is 0. The fourth-order valence-corrected chi connectivity index (χ4v) is 1.56. The Bertz CT molecular complexity index is 480. The van der Waals surface area contributed by atoms with Crippen LogP contribution < -0.4 is 5.32 Å². The van der Waals surface area contributed by atoms with Crippen LogP contribution in [0, 0.1) is 0 Å². The molecule has 5 nitrogen and oxygen atoms in total. The van der Waals surface area contributed by atoms with E-state index in [0.717, 1.165) is 31.0 Å². The maximum absolute atomic E-state index is 11.8. The summed E-state index contributed by atoms with van der Waals surface area (Å²) in [5.41, 5.74) is 1.45. The highest BCUT2D eigenvalue weighted by atomic mass is 16.4. The number of unbranched alkanes of at least 4 members (excludes halogenated alkanes) is 1. The average Bonchev–Trinajstić information content (AvgIpc) is 2.43. The van der Waals surface area contributed by atoms with Crippen molar-refractivity contribution >= 4 is 23.8 Å². The Morgan fingerprint density at radius 1 is 1.30 bits per heavy atom. The first-order valence-corrected chi connectivity index (χ1v) is 6.56. The van der Waals surface area contributed by atoms with Crippen LogP contribution >= 0.6 is 0 Å². The summed E-state index contributed by atoms with van der Waals surface area (Å²) in [7, 11) is 1.76. The number of hydrogen-bond acceptors (Lipinski definition) is 2. The number of anilines is 1. The van der Waals surface area contributed by atoms with Gasteiger partial charge < -0.3 is 15.3 Å². The number of benzene rings is 1. The normalized spacial score (nSPS) is 10.5. The number of urea groups is 1. The molecule has 0 radical (unpaired) electrons. The lowest BCUT2D eigenvalue weighted by Gasteiger charge is -2.17. The molecule has 2 N–H and O–H groups in total. The van der Waals surface area contributed by atoms with E-state index in [1.165, 1.54) is 6.08 Å². The van der Waals surface area contributed by atoms with Crippen LogP contribution in [0.4, 0.5) is 10.5 Å². The molecule has 1 rings (SSSR count). The maximum Gasteiger partial charge on any atom is 0.328 e. The molecule has 108 valence electrons. The molecule has 0 aromatic heterocycles. The molecule has 5 heteroatoms. The zero-order valence-electron chi connectivity index (χ0n) is 11.8. The molecule has 0 spiro atoms. The van der Waals surface area contributed by atoms with E-state index in [-0.39, 0.29) is 6.03 Å². The smallest absolute Gasteiger partial charge is 0.328 e. The lowest BCUT2D eigenvalue weighted by molar-refractivity contribution is -0.131. The summed E-state index contributed by atoms with van der Waals surface area (Å²) in [5, 5.41) is 11.3. The topological polar surface area (TPSA) is 69.6 Å². The summed E-state index contributed by atoms with van der Waals surface area (Å²) in [4.78, 5) is 23.9. The van der Waals surface area contributed by atoms with Gasteiger partial charge in [-0.1, -0.05) is 25.5 Å². The molecule has 0 saturated heterocycles. The molecule has 0 saturated carbocycles. The van der Waals surface area contributed by atoms with Crippen molar-refractivity contribution < 1.29 is 14.7 Å². The van der Waals surface area contributed by atoms with E-state index < -0.39 is 5.97 Å². The summed E-state index contributed by atoms with van der Waals surface area (Å²) in [6.07, 6.45) is 4.60. The van der Waals surface area contributed by atoms with Gasteiger partial charge in [0.1, 0.15) is 0 Å². The lowest BCUT2D eigenvalue weighted by Crippen LogP contribution is -2.32. The first-order chi connectivity index (χ1) is 9.52. The molecular weight excluding hydrogens is 256 g/mol. The number of carboxylic acids is 1. The molecular formula is C15H20N2O3. The fraction of sp³-hybridized carbons (Fsp3) is 0.333. The van der Waals surface area contributed by atoms with Crippen molar-refractivity contribution in [2.75, 3.05) is 18.9 Å². The van der Waals surface area contributed by atoms with Gasteiger partial charge in [-0.2, -0.15) is 0 Å². The van der Waals surface area contributed by atoms with Crippen molar-refractivity contribution in [2.45, 2.75) is 19.8 Å². The Balaban J connectivity index is 2.56. The van der Waals surface area contributed by atoms with E-state index in [0.29, 0.717) is 5.69 Å². The molecule has 0 fully saturated rings. The quantitative estimate of drug-likeness (QED) is 0.784. The second-order valence-electron chi connectivity index (χ2n) is 4.50. The predicted octanol–water partition coefficient (Wildman–Crippen LogP) is 3.05. The minimum Gasteiger partial charge on any atom is -0.478 e. The molecule has 20 heavy (non-hydrogen) atoms. The summed E-state index contributed by atoms with van der Waals surface area (Å²) in [5.74, 6) is -0.986. The number of hydrogen-bond donors (Lipinski definition) is 2. The van der Waals surface area contributed by atoms with Crippen LogP contribution in [0.3, 0.4) is 0 Å². The average molecular weight is 276 g/mol. The van der Waals surface area contributed by atoms with Crippen molar-refractivity contribution in [3.8, 4) is 0 Å². The van der Waals surface area contributed by atoms with Crippen molar-refractivity contribution in [1.82, 2.24) is 4.90 Å². The van der Waals surface area contributed by atoms with E-state index in [1.54, 1.807) is 36.2 Å². The number of carbonyl (C=O) groups is 2. The van der Waals surface area contributed by atoms with Crippen molar-refractivity contribution in [2.24, 2.45) is 0 Å². The molecule has 1 aromatic rings. The summed E-state index contributed by atoms with van der Waals surface area (Å²) in [6, 6.07) is 6.84. The first kappa shape index (κ1) is 15.8.